The molecule has 0 aromatic heterocycles. The van der Waals surface area contributed by atoms with Gasteiger partial charge in [-0.3, -0.25) is 0 Å². The first-order chi connectivity index (χ1) is 14.3. The third-order valence-electron chi connectivity index (χ3n) is 5.93. The molecule has 2 atom stereocenters. The van der Waals surface area contributed by atoms with Crippen LogP contribution in [0.2, 0.25) is 5.02 Å². The highest BCUT2D eigenvalue weighted by Gasteiger charge is 2.36. The molecule has 1 saturated carbocycles. The third-order valence-corrected chi connectivity index (χ3v) is 8.07. The summed E-state index contributed by atoms with van der Waals surface area (Å²) in [5.41, 5.74) is 2.92. The summed E-state index contributed by atoms with van der Waals surface area (Å²) < 4.78 is 29.0. The quantitative estimate of drug-likeness (QED) is 0.569. The molecule has 1 N–H and O–H groups in total. The van der Waals surface area contributed by atoms with Crippen molar-refractivity contribution in [2.75, 3.05) is 6.61 Å². The maximum Gasteiger partial charge on any atom is 0.243 e. The molecule has 0 heterocycles. The predicted octanol–water partition coefficient (Wildman–Crippen LogP) is 5.51. The Morgan fingerprint density at radius 3 is 2.30 bits per heavy atom. The van der Waals surface area contributed by atoms with Crippen molar-refractivity contribution in [3.8, 4) is 0 Å². The molecule has 2 aromatic rings. The highest BCUT2D eigenvalue weighted by atomic mass is 35.5. The summed E-state index contributed by atoms with van der Waals surface area (Å²) in [4.78, 5) is 0.228. The zero-order valence-corrected chi connectivity index (χ0v) is 19.0. The van der Waals surface area contributed by atoms with Gasteiger partial charge in [0.15, 0.2) is 0 Å². The van der Waals surface area contributed by atoms with Crippen LogP contribution in [0, 0.1) is 5.92 Å². The van der Waals surface area contributed by atoms with Crippen molar-refractivity contribution in [3.05, 3.63) is 71.3 Å². The molecule has 1 fully saturated rings. The van der Waals surface area contributed by atoms with Gasteiger partial charge in [0, 0.05) is 24.2 Å². The Balaban J connectivity index is 2.00. The fraction of sp³-hybridized carbons (Fsp3) is 0.417. The third kappa shape index (κ3) is 5.33. The number of aliphatic hydroxyl groups is 1. The summed E-state index contributed by atoms with van der Waals surface area (Å²) in [7, 11) is -3.76. The standard InChI is InChI=1S/C24H30ClNO3S/c1-18(2)20-10-8-19(9-11-20)16-26(24-7-5-3-4-6-21(24)17-27)30(28,29)23-14-12-22(25)13-15-23/h8-15,21,24,27H,1,3-7,16-17H2,2H3/t21-,24+/m0/s1. The summed E-state index contributed by atoms with van der Waals surface area (Å²) in [6, 6.07) is 13.9. The molecule has 1 aliphatic rings. The molecular formula is C24H30ClNO3S. The van der Waals surface area contributed by atoms with Gasteiger partial charge < -0.3 is 5.11 Å². The molecule has 0 aliphatic heterocycles. The van der Waals surface area contributed by atoms with Gasteiger partial charge in [-0.15, -0.1) is 0 Å². The Bertz CT molecular complexity index is 955. The average Bonchev–Trinajstić information content (AvgIpc) is 2.97. The smallest absolute Gasteiger partial charge is 0.243 e. The lowest BCUT2D eigenvalue weighted by Gasteiger charge is -2.35. The monoisotopic (exact) mass is 447 g/mol. The largest absolute Gasteiger partial charge is 0.396 e. The maximum atomic E-state index is 13.7. The molecule has 3 rings (SSSR count). The van der Waals surface area contributed by atoms with Crippen LogP contribution in [0.4, 0.5) is 0 Å². The molecular weight excluding hydrogens is 418 g/mol. The number of hydrogen-bond donors (Lipinski definition) is 1. The van der Waals surface area contributed by atoms with Gasteiger partial charge in [-0.2, -0.15) is 4.31 Å². The van der Waals surface area contributed by atoms with E-state index in [1.54, 1.807) is 28.6 Å². The molecule has 0 unspecified atom stereocenters. The fourth-order valence-corrected chi connectivity index (χ4v) is 5.98. The van der Waals surface area contributed by atoms with Crippen molar-refractivity contribution in [1.82, 2.24) is 4.31 Å². The van der Waals surface area contributed by atoms with E-state index in [4.69, 9.17) is 11.6 Å². The topological polar surface area (TPSA) is 57.6 Å². The van der Waals surface area contributed by atoms with Gasteiger partial charge in [-0.25, -0.2) is 8.42 Å². The number of benzene rings is 2. The van der Waals surface area contributed by atoms with Crippen molar-refractivity contribution in [3.63, 3.8) is 0 Å². The zero-order valence-electron chi connectivity index (χ0n) is 17.4. The van der Waals surface area contributed by atoms with Crippen LogP contribution in [-0.4, -0.2) is 30.5 Å². The van der Waals surface area contributed by atoms with Crippen LogP contribution in [0.5, 0.6) is 0 Å². The van der Waals surface area contributed by atoms with Crippen LogP contribution < -0.4 is 0 Å². The van der Waals surface area contributed by atoms with Crippen LogP contribution in [0.3, 0.4) is 0 Å². The lowest BCUT2D eigenvalue weighted by molar-refractivity contribution is 0.139. The van der Waals surface area contributed by atoms with Crippen LogP contribution in [-0.2, 0) is 16.6 Å². The minimum atomic E-state index is -3.76. The molecule has 30 heavy (non-hydrogen) atoms. The first-order valence-electron chi connectivity index (χ1n) is 10.5. The number of rotatable bonds is 7. The summed E-state index contributed by atoms with van der Waals surface area (Å²) >= 11 is 5.98. The second-order valence-corrected chi connectivity index (χ2v) is 10.5. The van der Waals surface area contributed by atoms with Crippen molar-refractivity contribution >= 4 is 27.2 Å². The van der Waals surface area contributed by atoms with Gasteiger partial charge in [-0.05, 0) is 61.1 Å². The molecule has 0 saturated heterocycles. The minimum Gasteiger partial charge on any atom is -0.396 e. The summed E-state index contributed by atoms with van der Waals surface area (Å²) in [5.74, 6) is -0.0655. The molecule has 0 bridgehead atoms. The van der Waals surface area contributed by atoms with Crippen LogP contribution >= 0.6 is 11.6 Å². The van der Waals surface area contributed by atoms with E-state index in [0.717, 1.165) is 48.8 Å². The Morgan fingerprint density at radius 1 is 1.07 bits per heavy atom. The fourth-order valence-electron chi connectivity index (χ4n) is 4.15. The Labute approximate surface area is 185 Å². The maximum absolute atomic E-state index is 13.7. The lowest BCUT2D eigenvalue weighted by atomic mass is 9.95. The molecule has 162 valence electrons. The molecule has 0 spiro atoms. The first-order valence-corrected chi connectivity index (χ1v) is 12.3. The number of sulfonamides is 1. The molecule has 4 nitrogen and oxygen atoms in total. The average molecular weight is 448 g/mol. The van der Waals surface area contributed by atoms with E-state index in [1.165, 1.54) is 0 Å². The van der Waals surface area contributed by atoms with Gasteiger partial charge in [0.25, 0.3) is 0 Å². The SMILES string of the molecule is C=C(C)c1ccc(CN([C@@H]2CCCCC[C@H]2CO)S(=O)(=O)c2ccc(Cl)cc2)cc1. The Hall–Kier alpha value is -1.66. The van der Waals surface area contributed by atoms with E-state index in [1.807, 2.05) is 31.2 Å². The van der Waals surface area contributed by atoms with Gasteiger partial charge in [0.2, 0.25) is 10.0 Å². The number of nitrogens with zero attached hydrogens (tertiary/aromatic N) is 1. The Kier molecular flexibility index (Phi) is 7.75. The normalized spacial score (nSPS) is 20.1. The molecule has 2 aromatic carbocycles. The zero-order chi connectivity index (χ0) is 21.7. The van der Waals surface area contributed by atoms with Crippen molar-refractivity contribution < 1.29 is 13.5 Å². The molecule has 6 heteroatoms. The number of halogens is 1. The summed E-state index contributed by atoms with van der Waals surface area (Å²) in [6.07, 6.45) is 4.63. The second kappa shape index (κ2) is 10.1. The molecule has 0 amide bonds. The van der Waals surface area contributed by atoms with E-state index < -0.39 is 10.0 Å². The van der Waals surface area contributed by atoms with Gasteiger partial charge >= 0.3 is 0 Å². The minimum absolute atomic E-state index is 0.00803. The Morgan fingerprint density at radius 2 is 1.70 bits per heavy atom. The highest BCUT2D eigenvalue weighted by Crippen LogP contribution is 2.33. The van der Waals surface area contributed by atoms with Crippen molar-refractivity contribution in [2.45, 2.75) is 56.5 Å². The van der Waals surface area contributed by atoms with Gasteiger partial charge in [0.1, 0.15) is 0 Å². The van der Waals surface area contributed by atoms with E-state index in [9.17, 15) is 13.5 Å². The first kappa shape index (κ1) is 23.0. The van der Waals surface area contributed by atoms with Gasteiger partial charge in [-0.1, -0.05) is 67.3 Å². The van der Waals surface area contributed by atoms with Crippen molar-refractivity contribution in [1.29, 1.82) is 0 Å². The van der Waals surface area contributed by atoms with E-state index in [-0.39, 0.29) is 30.0 Å². The van der Waals surface area contributed by atoms with Crippen LogP contribution in [0.1, 0.15) is 50.2 Å². The summed E-state index contributed by atoms with van der Waals surface area (Å²) in [6.45, 7) is 6.17. The predicted molar refractivity (Wildman–Crippen MR) is 123 cm³/mol. The highest BCUT2D eigenvalue weighted by molar-refractivity contribution is 7.89. The van der Waals surface area contributed by atoms with E-state index >= 15 is 0 Å². The number of allylic oxidation sites excluding steroid dienone is 1. The van der Waals surface area contributed by atoms with Gasteiger partial charge in [0.05, 0.1) is 4.90 Å². The van der Waals surface area contributed by atoms with Crippen molar-refractivity contribution in [2.24, 2.45) is 5.92 Å². The lowest BCUT2D eigenvalue weighted by Crippen LogP contribution is -2.44. The second-order valence-electron chi connectivity index (χ2n) is 8.13. The van der Waals surface area contributed by atoms with E-state index in [2.05, 4.69) is 6.58 Å². The van der Waals surface area contributed by atoms with Crippen LogP contribution in [0.15, 0.2) is 60.0 Å². The number of aliphatic hydroxyl groups excluding tert-OH is 1. The molecule has 1 aliphatic carbocycles. The summed E-state index contributed by atoms with van der Waals surface area (Å²) in [5, 5.41) is 10.5. The molecule has 0 radical (unpaired) electrons. The van der Waals surface area contributed by atoms with Crippen LogP contribution in [0.25, 0.3) is 5.57 Å². The van der Waals surface area contributed by atoms with E-state index in [0.29, 0.717) is 5.02 Å². The number of hydrogen-bond acceptors (Lipinski definition) is 3.